The maximum Gasteiger partial charge on any atom is 0.342 e. The zero-order valence-corrected chi connectivity index (χ0v) is 14.2. The highest BCUT2D eigenvalue weighted by Crippen LogP contribution is 2.31. The molecule has 1 aromatic carbocycles. The smallest absolute Gasteiger partial charge is 0.342 e. The minimum atomic E-state index is -0.382. The maximum atomic E-state index is 12.4. The Labute approximate surface area is 147 Å². The van der Waals surface area contributed by atoms with Crippen LogP contribution in [0.25, 0.3) is 16.7 Å². The van der Waals surface area contributed by atoms with Crippen molar-refractivity contribution in [3.63, 3.8) is 0 Å². The van der Waals surface area contributed by atoms with Gasteiger partial charge in [-0.3, -0.25) is 0 Å². The van der Waals surface area contributed by atoms with Gasteiger partial charge in [0.25, 0.3) is 5.78 Å². The van der Waals surface area contributed by atoms with Crippen LogP contribution in [-0.2, 0) is 10.5 Å². The molecule has 7 nitrogen and oxygen atoms in total. The zero-order chi connectivity index (χ0) is 17.2. The fourth-order valence-corrected chi connectivity index (χ4v) is 3.29. The molecule has 0 fully saturated rings. The number of carbonyl (C=O) groups excluding carboxylic acids is 1. The fourth-order valence-electron chi connectivity index (χ4n) is 2.53. The Morgan fingerprint density at radius 1 is 1.32 bits per heavy atom. The van der Waals surface area contributed by atoms with E-state index in [1.54, 1.807) is 29.9 Å². The van der Waals surface area contributed by atoms with Gasteiger partial charge in [0.05, 0.1) is 12.4 Å². The molecule has 126 valence electrons. The number of aromatic nitrogens is 4. The first-order valence-corrected chi connectivity index (χ1v) is 8.72. The van der Waals surface area contributed by atoms with E-state index >= 15 is 0 Å². The predicted octanol–water partition coefficient (Wildman–Crippen LogP) is 3.34. The molecule has 25 heavy (non-hydrogen) atoms. The van der Waals surface area contributed by atoms with Crippen molar-refractivity contribution < 1.29 is 13.9 Å². The molecular formula is C17H14N4O3S. The molecule has 0 saturated carbocycles. The molecule has 4 rings (SSSR count). The lowest BCUT2D eigenvalue weighted by atomic mass is 10.1. The number of thioether (sulfide) groups is 1. The average Bonchev–Trinajstić information content (AvgIpc) is 3.20. The SMILES string of the molecule is CCOC(=O)c1c(CSc2nc3ncccn3n2)oc2ccccc12. The molecule has 8 heteroatoms. The lowest BCUT2D eigenvalue weighted by Crippen LogP contribution is -2.06. The Balaban J connectivity index is 1.66. The van der Waals surface area contributed by atoms with E-state index in [-0.39, 0.29) is 5.97 Å². The summed E-state index contributed by atoms with van der Waals surface area (Å²) in [5.74, 6) is 1.11. The first-order chi connectivity index (χ1) is 12.3. The van der Waals surface area contributed by atoms with Gasteiger partial charge in [0, 0.05) is 17.8 Å². The van der Waals surface area contributed by atoms with E-state index in [1.807, 2.05) is 24.3 Å². The molecule has 0 radical (unpaired) electrons. The summed E-state index contributed by atoms with van der Waals surface area (Å²) in [6.07, 6.45) is 3.45. The molecule has 0 saturated heterocycles. The van der Waals surface area contributed by atoms with Gasteiger partial charge in [-0.15, -0.1) is 5.10 Å². The molecule has 0 amide bonds. The van der Waals surface area contributed by atoms with E-state index in [1.165, 1.54) is 11.8 Å². The molecule has 4 aromatic rings. The van der Waals surface area contributed by atoms with Crippen LogP contribution >= 0.6 is 11.8 Å². The Morgan fingerprint density at radius 2 is 2.20 bits per heavy atom. The second-order valence-corrected chi connectivity index (χ2v) is 6.11. The Kier molecular flexibility index (Phi) is 4.10. The largest absolute Gasteiger partial charge is 0.462 e. The fraction of sp³-hybridized carbons (Fsp3) is 0.176. The zero-order valence-electron chi connectivity index (χ0n) is 13.4. The van der Waals surface area contributed by atoms with Crippen molar-refractivity contribution in [3.8, 4) is 0 Å². The van der Waals surface area contributed by atoms with Crippen LogP contribution in [0.5, 0.6) is 0 Å². The number of benzene rings is 1. The second-order valence-electron chi connectivity index (χ2n) is 5.16. The monoisotopic (exact) mass is 354 g/mol. The van der Waals surface area contributed by atoms with E-state index in [0.29, 0.717) is 40.2 Å². The quantitative estimate of drug-likeness (QED) is 0.401. The summed E-state index contributed by atoms with van der Waals surface area (Å²) in [6, 6.07) is 9.21. The second kappa shape index (κ2) is 6.56. The van der Waals surface area contributed by atoms with Crippen molar-refractivity contribution in [3.05, 3.63) is 54.0 Å². The van der Waals surface area contributed by atoms with E-state index in [2.05, 4.69) is 15.1 Å². The first kappa shape index (κ1) is 15.6. The average molecular weight is 354 g/mol. The van der Waals surface area contributed by atoms with Gasteiger partial charge in [0.15, 0.2) is 0 Å². The Bertz CT molecular complexity index is 1020. The first-order valence-electron chi connectivity index (χ1n) is 7.74. The number of furan rings is 1. The minimum absolute atomic E-state index is 0.310. The van der Waals surface area contributed by atoms with Gasteiger partial charge < -0.3 is 9.15 Å². The summed E-state index contributed by atoms with van der Waals surface area (Å²) < 4.78 is 12.6. The number of nitrogens with zero attached hydrogens (tertiary/aromatic N) is 4. The number of hydrogen-bond acceptors (Lipinski definition) is 7. The van der Waals surface area contributed by atoms with Crippen LogP contribution in [-0.4, -0.2) is 32.2 Å². The highest BCUT2D eigenvalue weighted by atomic mass is 32.2. The molecular weight excluding hydrogens is 340 g/mol. The molecule has 0 atom stereocenters. The molecule has 0 aliphatic rings. The number of hydrogen-bond donors (Lipinski definition) is 0. The summed E-state index contributed by atoms with van der Waals surface area (Å²) in [6.45, 7) is 2.09. The third kappa shape index (κ3) is 2.96. The maximum absolute atomic E-state index is 12.4. The van der Waals surface area contributed by atoms with Crippen LogP contribution < -0.4 is 0 Å². The molecule has 0 N–H and O–H groups in total. The van der Waals surface area contributed by atoms with Gasteiger partial charge in [0.1, 0.15) is 16.9 Å². The van der Waals surface area contributed by atoms with Gasteiger partial charge in [-0.1, -0.05) is 30.0 Å². The highest BCUT2D eigenvalue weighted by molar-refractivity contribution is 7.98. The number of fused-ring (bicyclic) bond motifs is 2. The van der Waals surface area contributed by atoms with Crippen molar-refractivity contribution in [2.24, 2.45) is 0 Å². The van der Waals surface area contributed by atoms with Crippen molar-refractivity contribution >= 4 is 34.5 Å². The van der Waals surface area contributed by atoms with Crippen LogP contribution in [0.4, 0.5) is 0 Å². The lowest BCUT2D eigenvalue weighted by Gasteiger charge is -2.02. The molecule has 0 unspecified atom stereocenters. The van der Waals surface area contributed by atoms with E-state index in [4.69, 9.17) is 9.15 Å². The predicted molar refractivity (Wildman–Crippen MR) is 92.5 cm³/mol. The highest BCUT2D eigenvalue weighted by Gasteiger charge is 2.22. The van der Waals surface area contributed by atoms with E-state index in [9.17, 15) is 4.79 Å². The third-order valence-electron chi connectivity index (χ3n) is 3.58. The van der Waals surface area contributed by atoms with Crippen molar-refractivity contribution in [1.29, 1.82) is 0 Å². The molecule has 3 heterocycles. The number of rotatable bonds is 5. The molecule has 0 aliphatic carbocycles. The van der Waals surface area contributed by atoms with Crippen LogP contribution in [0.1, 0.15) is 23.0 Å². The topological polar surface area (TPSA) is 82.5 Å². The number of para-hydroxylation sites is 1. The summed E-state index contributed by atoms with van der Waals surface area (Å²) in [4.78, 5) is 20.8. The van der Waals surface area contributed by atoms with Gasteiger partial charge in [-0.05, 0) is 19.1 Å². The summed E-state index contributed by atoms with van der Waals surface area (Å²) in [5, 5.41) is 5.66. The number of esters is 1. The van der Waals surface area contributed by atoms with Crippen molar-refractivity contribution in [1.82, 2.24) is 19.6 Å². The third-order valence-corrected chi connectivity index (χ3v) is 4.42. The van der Waals surface area contributed by atoms with Crippen LogP contribution in [0.3, 0.4) is 0 Å². The Morgan fingerprint density at radius 3 is 3.04 bits per heavy atom. The summed E-state index contributed by atoms with van der Waals surface area (Å²) in [5.41, 5.74) is 1.12. The summed E-state index contributed by atoms with van der Waals surface area (Å²) >= 11 is 1.38. The van der Waals surface area contributed by atoms with Gasteiger partial charge in [-0.2, -0.15) is 4.98 Å². The number of carbonyl (C=O) groups is 1. The molecule has 0 aliphatic heterocycles. The normalized spacial score (nSPS) is 11.2. The molecule has 3 aromatic heterocycles. The Hall–Kier alpha value is -2.87. The van der Waals surface area contributed by atoms with Crippen molar-refractivity contribution in [2.45, 2.75) is 17.8 Å². The number of ether oxygens (including phenoxy) is 1. The van der Waals surface area contributed by atoms with E-state index < -0.39 is 0 Å². The van der Waals surface area contributed by atoms with Crippen LogP contribution in [0.2, 0.25) is 0 Å². The van der Waals surface area contributed by atoms with Gasteiger partial charge >= 0.3 is 5.97 Å². The van der Waals surface area contributed by atoms with Crippen molar-refractivity contribution in [2.75, 3.05) is 6.61 Å². The minimum Gasteiger partial charge on any atom is -0.462 e. The van der Waals surface area contributed by atoms with Crippen LogP contribution in [0.15, 0.2) is 52.3 Å². The van der Waals surface area contributed by atoms with Gasteiger partial charge in [-0.25, -0.2) is 14.3 Å². The summed E-state index contributed by atoms with van der Waals surface area (Å²) in [7, 11) is 0. The van der Waals surface area contributed by atoms with E-state index in [0.717, 1.165) is 5.39 Å². The molecule has 0 bridgehead atoms. The lowest BCUT2D eigenvalue weighted by molar-refractivity contribution is 0.0526. The standard InChI is InChI=1S/C17H14N4O3S/c1-2-23-15(22)14-11-6-3-4-7-12(11)24-13(14)10-25-17-19-16-18-8-5-9-21(16)20-17/h3-9H,2,10H2,1H3. The molecule has 0 spiro atoms. The van der Waals surface area contributed by atoms with Gasteiger partial charge in [0.2, 0.25) is 5.16 Å². The van der Waals surface area contributed by atoms with Crippen LogP contribution in [0, 0.1) is 0 Å².